The Kier molecular flexibility index (Phi) is 4.64. The summed E-state index contributed by atoms with van der Waals surface area (Å²) >= 11 is 0. The number of nitrogens with zero attached hydrogens (tertiary/aromatic N) is 2. The van der Waals surface area contributed by atoms with Crippen LogP contribution in [0.15, 0.2) is 36.1 Å². The van der Waals surface area contributed by atoms with E-state index >= 15 is 0 Å². The van der Waals surface area contributed by atoms with Crippen LogP contribution in [0.5, 0.6) is 0 Å². The van der Waals surface area contributed by atoms with Gasteiger partial charge in [0.15, 0.2) is 0 Å². The summed E-state index contributed by atoms with van der Waals surface area (Å²) in [5.41, 5.74) is 9.47. The zero-order valence-electron chi connectivity index (χ0n) is 10.6. The normalized spacial score (nSPS) is 12.4. The average Bonchev–Trinajstić information content (AvgIpc) is 2.31. The van der Waals surface area contributed by atoms with Gasteiger partial charge in [-0.3, -0.25) is 9.98 Å². The second-order valence-corrected chi connectivity index (χ2v) is 4.05. The summed E-state index contributed by atoms with van der Waals surface area (Å²) in [5, 5.41) is 0. The lowest BCUT2D eigenvalue weighted by Gasteiger charge is -2.11. The highest BCUT2D eigenvalue weighted by molar-refractivity contribution is 5.73. The number of rotatable bonds is 4. The van der Waals surface area contributed by atoms with Crippen molar-refractivity contribution in [3.63, 3.8) is 0 Å². The Morgan fingerprint density at radius 2 is 2.24 bits per heavy atom. The van der Waals surface area contributed by atoms with Gasteiger partial charge in [0.25, 0.3) is 0 Å². The molecule has 17 heavy (non-hydrogen) atoms. The van der Waals surface area contributed by atoms with Crippen molar-refractivity contribution in [2.24, 2.45) is 4.99 Å². The number of hydrogen-bond donors (Lipinski definition) is 1. The van der Waals surface area contributed by atoms with E-state index in [2.05, 4.69) is 30.4 Å². The van der Waals surface area contributed by atoms with Gasteiger partial charge in [-0.2, -0.15) is 0 Å². The smallest absolute Gasteiger partial charge is 0.0721 e. The Hall–Kier alpha value is -1.90. The van der Waals surface area contributed by atoms with Crippen LogP contribution in [0.25, 0.3) is 5.57 Å². The van der Waals surface area contributed by atoms with Crippen LogP contribution >= 0.6 is 0 Å². The van der Waals surface area contributed by atoms with E-state index in [1.54, 1.807) is 24.7 Å². The molecular weight excluding hydrogens is 210 g/mol. The van der Waals surface area contributed by atoms with Crippen molar-refractivity contribution < 1.29 is 0 Å². The Labute approximate surface area is 103 Å². The lowest BCUT2D eigenvalue weighted by Crippen LogP contribution is -2.00. The Balaban J connectivity index is 3.22. The molecule has 0 fully saturated rings. The van der Waals surface area contributed by atoms with Crippen molar-refractivity contribution in [1.29, 1.82) is 0 Å². The maximum absolute atomic E-state index is 5.89. The highest BCUT2D eigenvalue weighted by Gasteiger charge is 2.07. The lowest BCUT2D eigenvalue weighted by molar-refractivity contribution is 0.865. The topological polar surface area (TPSA) is 51.3 Å². The van der Waals surface area contributed by atoms with Gasteiger partial charge in [-0.25, -0.2) is 0 Å². The van der Waals surface area contributed by atoms with Crippen molar-refractivity contribution in [1.82, 2.24) is 4.98 Å². The Morgan fingerprint density at radius 1 is 1.53 bits per heavy atom. The minimum Gasteiger partial charge on any atom is -0.397 e. The average molecular weight is 229 g/mol. The van der Waals surface area contributed by atoms with Crippen LogP contribution in [0.2, 0.25) is 0 Å². The summed E-state index contributed by atoms with van der Waals surface area (Å²) in [6.07, 6.45) is 6.91. The summed E-state index contributed by atoms with van der Waals surface area (Å²) in [6, 6.07) is 2.00. The predicted molar refractivity (Wildman–Crippen MR) is 75.1 cm³/mol. The number of pyridine rings is 1. The van der Waals surface area contributed by atoms with Crippen LogP contribution in [0.1, 0.15) is 37.9 Å². The van der Waals surface area contributed by atoms with Gasteiger partial charge in [-0.15, -0.1) is 0 Å². The molecule has 1 heterocycles. The van der Waals surface area contributed by atoms with E-state index in [-0.39, 0.29) is 0 Å². The second-order valence-electron chi connectivity index (χ2n) is 4.05. The molecule has 2 N–H and O–H groups in total. The number of nitrogen functional groups attached to an aromatic ring is 1. The first-order chi connectivity index (χ1) is 8.10. The summed E-state index contributed by atoms with van der Waals surface area (Å²) < 4.78 is 0. The molecule has 0 aliphatic heterocycles. The largest absolute Gasteiger partial charge is 0.397 e. The minimum atomic E-state index is 0.373. The maximum atomic E-state index is 5.89. The van der Waals surface area contributed by atoms with Crippen LogP contribution in [0.4, 0.5) is 5.69 Å². The molecule has 0 saturated carbocycles. The van der Waals surface area contributed by atoms with Gasteiger partial charge >= 0.3 is 0 Å². The predicted octanol–water partition coefficient (Wildman–Crippen LogP) is 3.40. The number of hydrogen-bond acceptors (Lipinski definition) is 3. The summed E-state index contributed by atoms with van der Waals surface area (Å²) in [4.78, 5) is 8.39. The molecule has 0 aromatic carbocycles. The van der Waals surface area contributed by atoms with E-state index in [1.165, 1.54) is 0 Å². The van der Waals surface area contributed by atoms with Crippen LogP contribution in [-0.4, -0.2) is 11.2 Å². The molecule has 0 radical (unpaired) electrons. The SMILES string of the molecule is C=C/C(=C\N=CC)c1cc(C(C)C)c(N)cn1. The lowest BCUT2D eigenvalue weighted by atomic mass is 10.0. The third-order valence-electron chi connectivity index (χ3n) is 2.47. The third kappa shape index (κ3) is 3.28. The summed E-state index contributed by atoms with van der Waals surface area (Å²) in [5.74, 6) is 0.373. The Morgan fingerprint density at radius 3 is 2.76 bits per heavy atom. The van der Waals surface area contributed by atoms with Gasteiger partial charge in [0, 0.05) is 18.0 Å². The maximum Gasteiger partial charge on any atom is 0.0721 e. The minimum absolute atomic E-state index is 0.373. The van der Waals surface area contributed by atoms with Gasteiger partial charge in [-0.05, 0) is 24.5 Å². The first-order valence-electron chi connectivity index (χ1n) is 5.66. The molecule has 0 amide bonds. The van der Waals surface area contributed by atoms with Crippen molar-refractivity contribution in [2.75, 3.05) is 5.73 Å². The summed E-state index contributed by atoms with van der Waals surface area (Å²) in [7, 11) is 0. The van der Waals surface area contributed by atoms with Crippen molar-refractivity contribution in [3.05, 3.63) is 42.4 Å². The second kappa shape index (κ2) is 5.99. The van der Waals surface area contributed by atoms with E-state index < -0.39 is 0 Å². The van der Waals surface area contributed by atoms with Crippen LogP contribution < -0.4 is 5.73 Å². The molecule has 0 aliphatic carbocycles. The fourth-order valence-corrected chi connectivity index (χ4v) is 1.52. The van der Waals surface area contributed by atoms with Crippen LogP contribution in [0.3, 0.4) is 0 Å². The number of nitrogens with two attached hydrogens (primary N) is 1. The van der Waals surface area contributed by atoms with Crippen LogP contribution in [0, 0.1) is 0 Å². The molecule has 1 aromatic rings. The first-order valence-corrected chi connectivity index (χ1v) is 5.66. The van der Waals surface area contributed by atoms with Gasteiger partial charge in [-0.1, -0.05) is 26.5 Å². The molecule has 90 valence electrons. The van der Waals surface area contributed by atoms with Crippen molar-refractivity contribution in [3.8, 4) is 0 Å². The zero-order chi connectivity index (χ0) is 12.8. The molecule has 3 nitrogen and oxygen atoms in total. The Bertz CT molecular complexity index is 457. The fourth-order valence-electron chi connectivity index (χ4n) is 1.52. The molecule has 0 unspecified atom stereocenters. The monoisotopic (exact) mass is 229 g/mol. The molecule has 0 saturated heterocycles. The van der Waals surface area contributed by atoms with Crippen molar-refractivity contribution >= 4 is 17.5 Å². The van der Waals surface area contributed by atoms with Crippen LogP contribution in [-0.2, 0) is 0 Å². The van der Waals surface area contributed by atoms with E-state index in [1.807, 2.05) is 13.0 Å². The summed E-state index contributed by atoms with van der Waals surface area (Å²) in [6.45, 7) is 9.86. The molecule has 3 heteroatoms. The van der Waals surface area contributed by atoms with Gasteiger partial charge in [0.1, 0.15) is 0 Å². The highest BCUT2D eigenvalue weighted by Crippen LogP contribution is 2.24. The molecular formula is C14H19N3. The van der Waals surface area contributed by atoms with Gasteiger partial charge < -0.3 is 5.73 Å². The zero-order valence-corrected chi connectivity index (χ0v) is 10.6. The van der Waals surface area contributed by atoms with Gasteiger partial charge in [0.2, 0.25) is 0 Å². The first kappa shape index (κ1) is 13.2. The standard InChI is InChI=1S/C14H19N3/c1-5-11(8-16-6-2)14-7-12(10(3)4)13(15)9-17-14/h5-10H,1,15H2,2-4H3/b11-8+,16-6?. The molecule has 0 aliphatic rings. The highest BCUT2D eigenvalue weighted by atomic mass is 14.7. The molecule has 1 aromatic heterocycles. The van der Waals surface area contributed by atoms with E-state index in [4.69, 9.17) is 5.73 Å². The molecule has 0 bridgehead atoms. The molecule has 1 rings (SSSR count). The van der Waals surface area contributed by atoms with Gasteiger partial charge in [0.05, 0.1) is 17.6 Å². The number of anilines is 1. The fraction of sp³-hybridized carbons (Fsp3) is 0.286. The van der Waals surface area contributed by atoms with E-state index in [9.17, 15) is 0 Å². The molecule has 0 spiro atoms. The number of allylic oxidation sites excluding steroid dienone is 2. The van der Waals surface area contributed by atoms with E-state index in [0.29, 0.717) is 5.92 Å². The van der Waals surface area contributed by atoms with Crippen molar-refractivity contribution in [2.45, 2.75) is 26.7 Å². The number of aromatic nitrogens is 1. The number of aliphatic imine (C=N–C) groups is 1. The molecule has 0 atom stereocenters. The third-order valence-corrected chi connectivity index (χ3v) is 2.47. The quantitative estimate of drug-likeness (QED) is 0.635. The van der Waals surface area contributed by atoms with E-state index in [0.717, 1.165) is 22.5 Å².